The Balaban J connectivity index is 1.29. The number of aliphatic carboxylic acids is 1. The first-order valence-corrected chi connectivity index (χ1v) is 15.4. The molecule has 4 N–H and O–H groups in total. The van der Waals surface area contributed by atoms with Gasteiger partial charge in [-0.2, -0.15) is 0 Å². The fraction of sp³-hybridized carbons (Fsp3) is 0.788. The molecule has 218 valence electrons. The fourth-order valence-corrected chi connectivity index (χ4v) is 10.5. The maximum absolute atomic E-state index is 12.7. The maximum Gasteiger partial charge on any atom is 0.306 e. The summed E-state index contributed by atoms with van der Waals surface area (Å²) in [6.45, 7) is 7.09. The van der Waals surface area contributed by atoms with Crippen LogP contribution in [0.5, 0.6) is 5.75 Å². The van der Waals surface area contributed by atoms with Gasteiger partial charge in [0.05, 0.1) is 31.3 Å². The highest BCUT2D eigenvalue weighted by atomic mass is 16.5. The number of fused-ring (bicyclic) bond motifs is 5. The van der Waals surface area contributed by atoms with Crippen LogP contribution >= 0.6 is 0 Å². The summed E-state index contributed by atoms with van der Waals surface area (Å²) in [5.74, 6) is 1.35. The lowest BCUT2D eigenvalue weighted by atomic mass is 9.41. The molecule has 4 fully saturated rings. The van der Waals surface area contributed by atoms with Crippen molar-refractivity contribution in [3.63, 3.8) is 0 Å². The van der Waals surface area contributed by atoms with Gasteiger partial charge in [-0.3, -0.25) is 4.79 Å². The zero-order chi connectivity index (χ0) is 28.1. The lowest BCUT2D eigenvalue weighted by Gasteiger charge is -2.63. The number of aliphatic hydroxyl groups is 3. The molecule has 4 saturated carbocycles. The van der Waals surface area contributed by atoms with Gasteiger partial charge in [0.15, 0.2) is 0 Å². The number of rotatable bonds is 8. The third kappa shape index (κ3) is 4.82. The number of ether oxygens (including phenoxy) is 1. The van der Waals surface area contributed by atoms with Crippen LogP contribution in [0.15, 0.2) is 24.3 Å². The van der Waals surface area contributed by atoms with Crippen LogP contribution in [0.4, 0.5) is 0 Å². The maximum atomic E-state index is 12.7. The minimum absolute atomic E-state index is 0.102. The van der Waals surface area contributed by atoms with Gasteiger partial charge in [-0.15, -0.1) is 0 Å². The SMILES string of the molecule is COc1ccccc1C(O)CCC[C@@H](C)[C@H]1CC[C@H]2[C@@H]3C(C(=O)O)C[C@H]4[C@@H](O)[C@@H](O)CC[C@]4(C)[C@H]3CC[C@]12C. The van der Waals surface area contributed by atoms with Crippen molar-refractivity contribution in [3.05, 3.63) is 29.8 Å². The number of benzene rings is 1. The van der Waals surface area contributed by atoms with E-state index in [-0.39, 0.29) is 22.7 Å². The molecule has 0 aliphatic heterocycles. The molecule has 0 heterocycles. The van der Waals surface area contributed by atoms with E-state index in [1.807, 2.05) is 24.3 Å². The molecule has 0 saturated heterocycles. The summed E-state index contributed by atoms with van der Waals surface area (Å²) in [4.78, 5) is 12.7. The van der Waals surface area contributed by atoms with Crippen molar-refractivity contribution in [1.82, 2.24) is 0 Å². The minimum atomic E-state index is -0.817. The lowest BCUT2D eigenvalue weighted by Crippen LogP contribution is -2.61. The topological polar surface area (TPSA) is 107 Å². The molecular weight excluding hydrogens is 492 g/mol. The van der Waals surface area contributed by atoms with Crippen molar-refractivity contribution in [1.29, 1.82) is 0 Å². The molecule has 1 aromatic rings. The highest BCUT2D eigenvalue weighted by Crippen LogP contribution is 2.69. The van der Waals surface area contributed by atoms with Crippen LogP contribution in [-0.2, 0) is 4.79 Å². The van der Waals surface area contributed by atoms with Crippen LogP contribution in [0.3, 0.4) is 0 Å². The van der Waals surface area contributed by atoms with E-state index in [2.05, 4.69) is 20.8 Å². The molecule has 0 aromatic heterocycles. The second-order valence-corrected chi connectivity index (χ2v) is 14.1. The fourth-order valence-electron chi connectivity index (χ4n) is 10.5. The van der Waals surface area contributed by atoms with Gasteiger partial charge in [0.1, 0.15) is 5.75 Å². The molecule has 12 atom stereocenters. The molecule has 4 aliphatic rings. The summed E-state index contributed by atoms with van der Waals surface area (Å²) in [5, 5.41) is 42.6. The van der Waals surface area contributed by atoms with Gasteiger partial charge in [-0.1, -0.05) is 51.8 Å². The third-order valence-corrected chi connectivity index (χ3v) is 12.5. The van der Waals surface area contributed by atoms with Crippen molar-refractivity contribution in [2.75, 3.05) is 7.11 Å². The Labute approximate surface area is 234 Å². The van der Waals surface area contributed by atoms with Crippen LogP contribution < -0.4 is 4.74 Å². The van der Waals surface area contributed by atoms with Gasteiger partial charge < -0.3 is 25.2 Å². The van der Waals surface area contributed by atoms with Crippen LogP contribution in [0.2, 0.25) is 0 Å². The van der Waals surface area contributed by atoms with Gasteiger partial charge in [-0.05, 0) is 104 Å². The molecule has 0 spiro atoms. The molecule has 1 aromatic carbocycles. The second kappa shape index (κ2) is 11.0. The van der Waals surface area contributed by atoms with Gasteiger partial charge in [0.2, 0.25) is 0 Å². The molecule has 39 heavy (non-hydrogen) atoms. The summed E-state index contributed by atoms with van der Waals surface area (Å²) < 4.78 is 5.44. The van der Waals surface area contributed by atoms with E-state index in [4.69, 9.17) is 4.74 Å². The van der Waals surface area contributed by atoms with Crippen molar-refractivity contribution < 1.29 is 30.0 Å². The van der Waals surface area contributed by atoms with Gasteiger partial charge in [0, 0.05) is 5.56 Å². The van der Waals surface area contributed by atoms with Crippen LogP contribution in [-0.4, -0.2) is 45.7 Å². The van der Waals surface area contributed by atoms with Gasteiger partial charge in [0.25, 0.3) is 0 Å². The van der Waals surface area contributed by atoms with Crippen LogP contribution in [0.25, 0.3) is 0 Å². The molecule has 0 bridgehead atoms. The number of carboxylic acid groups (broad SMARTS) is 1. The van der Waals surface area contributed by atoms with E-state index in [0.29, 0.717) is 42.9 Å². The Hall–Kier alpha value is -1.63. The predicted octanol–water partition coefficient (Wildman–Crippen LogP) is 5.84. The summed E-state index contributed by atoms with van der Waals surface area (Å²) in [5.41, 5.74) is 0.878. The average Bonchev–Trinajstić information content (AvgIpc) is 3.27. The molecule has 5 rings (SSSR count). The number of hydrogen-bond acceptors (Lipinski definition) is 5. The number of para-hydroxylation sites is 1. The Bertz CT molecular complexity index is 1030. The summed E-state index contributed by atoms with van der Waals surface area (Å²) in [7, 11) is 1.64. The number of carbonyl (C=O) groups is 1. The molecule has 6 nitrogen and oxygen atoms in total. The molecular formula is C33H50O6. The molecule has 6 heteroatoms. The normalized spacial score (nSPS) is 43.1. The second-order valence-electron chi connectivity index (χ2n) is 14.1. The number of hydrogen-bond donors (Lipinski definition) is 4. The van der Waals surface area contributed by atoms with E-state index in [0.717, 1.165) is 56.3 Å². The Kier molecular flexibility index (Phi) is 8.13. The monoisotopic (exact) mass is 542 g/mol. The highest BCUT2D eigenvalue weighted by Gasteiger charge is 2.65. The first kappa shape index (κ1) is 28.9. The average molecular weight is 543 g/mol. The highest BCUT2D eigenvalue weighted by molar-refractivity contribution is 5.71. The number of methoxy groups -OCH3 is 1. The van der Waals surface area contributed by atoms with E-state index in [1.165, 1.54) is 0 Å². The largest absolute Gasteiger partial charge is 0.496 e. The van der Waals surface area contributed by atoms with Crippen molar-refractivity contribution in [2.24, 2.45) is 52.3 Å². The molecule has 4 aliphatic carbocycles. The number of aliphatic hydroxyl groups excluding tert-OH is 3. The summed E-state index contributed by atoms with van der Waals surface area (Å²) in [6.07, 6.45) is 6.96. The smallest absolute Gasteiger partial charge is 0.306 e. The van der Waals surface area contributed by atoms with Gasteiger partial charge >= 0.3 is 5.97 Å². The predicted molar refractivity (Wildman–Crippen MR) is 150 cm³/mol. The van der Waals surface area contributed by atoms with E-state index < -0.39 is 30.2 Å². The van der Waals surface area contributed by atoms with Crippen LogP contribution in [0.1, 0.15) is 96.6 Å². The van der Waals surface area contributed by atoms with E-state index >= 15 is 0 Å². The Morgan fingerprint density at radius 1 is 1.00 bits per heavy atom. The van der Waals surface area contributed by atoms with Crippen LogP contribution in [0, 0.1) is 52.3 Å². The standard InChI is InChI=1S/C33H50O6/c1-19(8-7-10-26(34)20-9-5-6-11-28(20)39-4)22-12-13-23-29-21(31(37)38)18-25-30(36)27(35)15-17-33(25,3)24(29)14-16-32(22,23)2/h5-6,9,11,19,21-27,29-30,34-36H,7-8,10,12-18H2,1-4H3,(H,37,38)/t19-,21?,22-,23+,24+,25+,26?,27+,29+,30-,32-,33-/m1/s1. The zero-order valence-electron chi connectivity index (χ0n) is 24.3. The lowest BCUT2D eigenvalue weighted by molar-refractivity contribution is -0.200. The van der Waals surface area contributed by atoms with Crippen molar-refractivity contribution in [3.8, 4) is 5.75 Å². The van der Waals surface area contributed by atoms with E-state index in [1.54, 1.807) is 7.11 Å². The quantitative estimate of drug-likeness (QED) is 0.329. The summed E-state index contributed by atoms with van der Waals surface area (Å²) >= 11 is 0. The number of carboxylic acids is 1. The first-order valence-electron chi connectivity index (χ1n) is 15.4. The Morgan fingerprint density at radius 3 is 2.41 bits per heavy atom. The Morgan fingerprint density at radius 2 is 1.69 bits per heavy atom. The minimum Gasteiger partial charge on any atom is -0.496 e. The zero-order valence-corrected chi connectivity index (χ0v) is 24.3. The van der Waals surface area contributed by atoms with Gasteiger partial charge in [-0.25, -0.2) is 0 Å². The molecule has 0 amide bonds. The van der Waals surface area contributed by atoms with Crippen molar-refractivity contribution >= 4 is 5.97 Å². The van der Waals surface area contributed by atoms with Crippen molar-refractivity contribution in [2.45, 2.75) is 103 Å². The van der Waals surface area contributed by atoms with E-state index in [9.17, 15) is 25.2 Å². The third-order valence-electron chi connectivity index (χ3n) is 12.5. The first-order chi connectivity index (χ1) is 18.5. The molecule has 0 radical (unpaired) electrons. The summed E-state index contributed by atoms with van der Waals surface area (Å²) in [6, 6.07) is 7.69. The molecule has 2 unspecified atom stereocenters.